The second kappa shape index (κ2) is 8.45. The van der Waals surface area contributed by atoms with Crippen molar-refractivity contribution in [2.24, 2.45) is 0 Å². The summed E-state index contributed by atoms with van der Waals surface area (Å²) in [5.41, 5.74) is 1.70. The van der Waals surface area contributed by atoms with Gasteiger partial charge in [0.25, 0.3) is 0 Å². The van der Waals surface area contributed by atoms with E-state index in [2.05, 4.69) is 10.0 Å². The van der Waals surface area contributed by atoms with Crippen LogP contribution in [0, 0.1) is 0 Å². The van der Waals surface area contributed by atoms with Crippen molar-refractivity contribution in [1.82, 2.24) is 4.72 Å². The van der Waals surface area contributed by atoms with Crippen molar-refractivity contribution in [2.45, 2.75) is 51.7 Å². The van der Waals surface area contributed by atoms with E-state index in [4.69, 9.17) is 0 Å². The fraction of sp³-hybridized carbons (Fsp3) is 0.588. The molecule has 0 aliphatic carbocycles. The van der Waals surface area contributed by atoms with Crippen molar-refractivity contribution in [3.8, 4) is 0 Å². The lowest BCUT2D eigenvalue weighted by Gasteiger charge is -2.19. The highest BCUT2D eigenvalue weighted by Crippen LogP contribution is 2.13. The molecule has 1 aromatic rings. The zero-order chi connectivity index (χ0) is 17.5. The Labute approximate surface area is 139 Å². The molecule has 5 nitrogen and oxygen atoms in total. The highest BCUT2D eigenvalue weighted by Gasteiger charge is 2.27. The molecule has 0 amide bonds. The van der Waals surface area contributed by atoms with Gasteiger partial charge in [-0.15, -0.1) is 0 Å². The monoisotopic (exact) mass is 340 g/mol. The predicted octanol–water partition coefficient (Wildman–Crippen LogP) is 3.19. The van der Waals surface area contributed by atoms with E-state index >= 15 is 0 Å². The van der Waals surface area contributed by atoms with Gasteiger partial charge in [-0.25, -0.2) is 13.1 Å². The van der Waals surface area contributed by atoms with Crippen LogP contribution < -0.4 is 10.0 Å². The summed E-state index contributed by atoms with van der Waals surface area (Å²) in [4.78, 5) is 11.2. The predicted molar refractivity (Wildman–Crippen MR) is 95.5 cm³/mol. The lowest BCUT2D eigenvalue weighted by Crippen LogP contribution is -2.39. The van der Waals surface area contributed by atoms with Crippen LogP contribution in [0.4, 0.5) is 5.69 Å². The van der Waals surface area contributed by atoms with E-state index in [0.717, 1.165) is 31.5 Å². The van der Waals surface area contributed by atoms with E-state index in [1.54, 1.807) is 27.7 Å². The molecule has 1 aromatic carbocycles. The minimum Gasteiger partial charge on any atom is -0.385 e. The molecule has 0 atom stereocenters. The van der Waals surface area contributed by atoms with Crippen molar-refractivity contribution in [1.29, 1.82) is 0 Å². The maximum Gasteiger partial charge on any atom is 0.216 e. The van der Waals surface area contributed by atoms with Crippen LogP contribution in [0.1, 0.15) is 57.3 Å². The Balaban J connectivity index is 2.18. The molecule has 0 heterocycles. The van der Waals surface area contributed by atoms with E-state index in [1.807, 2.05) is 24.3 Å². The van der Waals surface area contributed by atoms with Crippen molar-refractivity contribution < 1.29 is 13.2 Å². The Morgan fingerprint density at radius 2 is 1.57 bits per heavy atom. The number of Topliss-reactive ketones (excluding diaryl/α,β-unsaturated/α-hetero) is 1. The number of carbonyl (C=O) groups is 1. The minimum absolute atomic E-state index is 0.0641. The summed E-state index contributed by atoms with van der Waals surface area (Å²) in [5, 5.41) is 3.29. The van der Waals surface area contributed by atoms with Crippen LogP contribution in [0.15, 0.2) is 24.3 Å². The second-order valence-corrected chi connectivity index (χ2v) is 9.15. The molecule has 0 fully saturated rings. The van der Waals surface area contributed by atoms with Crippen LogP contribution in [0.2, 0.25) is 0 Å². The first-order valence-electron chi connectivity index (χ1n) is 7.97. The molecule has 2 N–H and O–H groups in total. The number of ketones is 1. The molecule has 1 rings (SSSR count). The van der Waals surface area contributed by atoms with Gasteiger partial charge in [-0.1, -0.05) is 6.42 Å². The van der Waals surface area contributed by atoms with Gasteiger partial charge in [-0.05, 0) is 64.8 Å². The van der Waals surface area contributed by atoms with E-state index in [9.17, 15) is 13.2 Å². The van der Waals surface area contributed by atoms with Crippen LogP contribution >= 0.6 is 0 Å². The number of sulfonamides is 1. The highest BCUT2D eigenvalue weighted by molar-refractivity contribution is 7.90. The van der Waals surface area contributed by atoms with Gasteiger partial charge in [0.15, 0.2) is 5.78 Å². The number of rotatable bonds is 9. The molecule has 0 unspecified atom stereocenters. The SMILES string of the molecule is CC(=O)c1ccc(NCCCCCNS(=O)(=O)C(C)(C)C)cc1. The maximum atomic E-state index is 11.9. The van der Waals surface area contributed by atoms with Crippen LogP contribution in [0.5, 0.6) is 0 Å². The molecule has 0 aromatic heterocycles. The van der Waals surface area contributed by atoms with E-state index in [1.165, 1.54) is 0 Å². The molecule has 0 aliphatic rings. The van der Waals surface area contributed by atoms with Gasteiger partial charge in [0.1, 0.15) is 0 Å². The third kappa shape index (κ3) is 6.71. The zero-order valence-corrected chi connectivity index (χ0v) is 15.3. The number of unbranched alkanes of at least 4 members (excludes halogenated alkanes) is 2. The standard InChI is InChI=1S/C17H28N2O3S/c1-14(20)15-8-10-16(11-9-15)18-12-6-5-7-13-19-23(21,22)17(2,3)4/h8-11,18-19H,5-7,12-13H2,1-4H3. The number of benzene rings is 1. The molecule has 6 heteroatoms. The summed E-state index contributed by atoms with van der Waals surface area (Å²) < 4.78 is 25.6. The van der Waals surface area contributed by atoms with Crippen LogP contribution in [0.3, 0.4) is 0 Å². The number of nitrogens with one attached hydrogen (secondary N) is 2. The Bertz CT molecular complexity index is 602. The van der Waals surface area contributed by atoms with Gasteiger partial charge >= 0.3 is 0 Å². The van der Waals surface area contributed by atoms with Gasteiger partial charge in [-0.2, -0.15) is 0 Å². The minimum atomic E-state index is -3.24. The molecule has 23 heavy (non-hydrogen) atoms. The molecular weight excluding hydrogens is 312 g/mol. The van der Waals surface area contributed by atoms with Crippen LogP contribution in [0.25, 0.3) is 0 Å². The van der Waals surface area contributed by atoms with Crippen molar-refractivity contribution >= 4 is 21.5 Å². The Morgan fingerprint density at radius 3 is 2.09 bits per heavy atom. The van der Waals surface area contributed by atoms with Crippen molar-refractivity contribution in [2.75, 3.05) is 18.4 Å². The van der Waals surface area contributed by atoms with E-state index in [0.29, 0.717) is 12.1 Å². The smallest absolute Gasteiger partial charge is 0.216 e. The third-order valence-corrected chi connectivity index (χ3v) is 5.77. The van der Waals surface area contributed by atoms with Gasteiger partial charge < -0.3 is 5.32 Å². The lowest BCUT2D eigenvalue weighted by molar-refractivity contribution is 0.101. The summed E-state index contributed by atoms with van der Waals surface area (Å²) in [6.07, 6.45) is 2.73. The lowest BCUT2D eigenvalue weighted by atomic mass is 10.1. The second-order valence-electron chi connectivity index (χ2n) is 6.63. The van der Waals surface area contributed by atoms with Crippen molar-refractivity contribution in [3.05, 3.63) is 29.8 Å². The summed E-state index contributed by atoms with van der Waals surface area (Å²) in [6.45, 7) is 7.93. The van der Waals surface area contributed by atoms with Gasteiger partial charge in [-0.3, -0.25) is 4.79 Å². The number of carbonyl (C=O) groups excluding carboxylic acids is 1. The normalized spacial score (nSPS) is 12.2. The molecule has 0 spiro atoms. The number of hydrogen-bond acceptors (Lipinski definition) is 4. The van der Waals surface area contributed by atoms with Gasteiger partial charge in [0.2, 0.25) is 10.0 Å². The van der Waals surface area contributed by atoms with E-state index < -0.39 is 14.8 Å². The van der Waals surface area contributed by atoms with Gasteiger partial charge in [0, 0.05) is 24.3 Å². The molecule has 0 aliphatic heterocycles. The molecule has 0 saturated carbocycles. The quantitative estimate of drug-likeness (QED) is 0.535. The van der Waals surface area contributed by atoms with Gasteiger partial charge in [0.05, 0.1) is 4.75 Å². The molecule has 130 valence electrons. The number of hydrogen-bond donors (Lipinski definition) is 2. The first-order valence-corrected chi connectivity index (χ1v) is 9.46. The topological polar surface area (TPSA) is 75.3 Å². The Morgan fingerprint density at radius 1 is 1.00 bits per heavy atom. The molecule has 0 radical (unpaired) electrons. The summed E-state index contributed by atoms with van der Waals surface area (Å²) in [7, 11) is -3.24. The fourth-order valence-electron chi connectivity index (χ4n) is 1.91. The summed E-state index contributed by atoms with van der Waals surface area (Å²) in [6, 6.07) is 7.42. The average molecular weight is 340 g/mol. The first-order chi connectivity index (χ1) is 10.6. The molecule has 0 saturated heterocycles. The maximum absolute atomic E-state index is 11.9. The fourth-order valence-corrected chi connectivity index (χ4v) is 2.75. The van der Waals surface area contributed by atoms with Crippen LogP contribution in [-0.2, 0) is 10.0 Å². The van der Waals surface area contributed by atoms with Crippen molar-refractivity contribution in [3.63, 3.8) is 0 Å². The Kier molecular flexibility index (Phi) is 7.22. The summed E-state index contributed by atoms with van der Waals surface area (Å²) in [5.74, 6) is 0.0641. The largest absolute Gasteiger partial charge is 0.385 e. The molecular formula is C17H28N2O3S. The summed E-state index contributed by atoms with van der Waals surface area (Å²) >= 11 is 0. The first kappa shape index (κ1) is 19.6. The Hall–Kier alpha value is -1.40. The number of anilines is 1. The zero-order valence-electron chi connectivity index (χ0n) is 14.5. The van der Waals surface area contributed by atoms with Crippen LogP contribution in [-0.4, -0.2) is 32.0 Å². The third-order valence-electron chi connectivity index (χ3n) is 3.57. The van der Waals surface area contributed by atoms with E-state index in [-0.39, 0.29) is 5.78 Å². The molecule has 0 bridgehead atoms. The average Bonchev–Trinajstić information content (AvgIpc) is 2.45. The highest BCUT2D eigenvalue weighted by atomic mass is 32.2.